The fraction of sp³-hybridized carbons (Fsp3) is 0.263. The molecular formula is C19H20N4O4S. The minimum Gasteiger partial charge on any atom is -0.342 e. The summed E-state index contributed by atoms with van der Waals surface area (Å²) in [5.41, 5.74) is 1.67. The predicted octanol–water partition coefficient (Wildman–Crippen LogP) is 1.67. The van der Waals surface area contributed by atoms with Crippen molar-refractivity contribution in [2.45, 2.75) is 25.8 Å². The molecule has 0 aliphatic carbocycles. The highest BCUT2D eigenvalue weighted by atomic mass is 32.1. The van der Waals surface area contributed by atoms with Crippen molar-refractivity contribution < 1.29 is 19.2 Å². The highest BCUT2D eigenvalue weighted by Crippen LogP contribution is 2.31. The van der Waals surface area contributed by atoms with Gasteiger partial charge in [0.05, 0.1) is 11.4 Å². The van der Waals surface area contributed by atoms with Crippen LogP contribution in [0.4, 0.5) is 4.79 Å². The van der Waals surface area contributed by atoms with Crippen molar-refractivity contribution in [3.05, 3.63) is 57.8 Å². The summed E-state index contributed by atoms with van der Waals surface area (Å²) in [5.74, 6) is -1.64. The molecule has 1 aromatic carbocycles. The number of rotatable bonds is 6. The maximum absolute atomic E-state index is 12.9. The van der Waals surface area contributed by atoms with E-state index in [4.69, 9.17) is 0 Å². The number of hydrogen-bond donors (Lipinski definition) is 3. The maximum atomic E-state index is 12.9. The lowest BCUT2D eigenvalue weighted by Crippen LogP contribution is -2.51. The number of urea groups is 1. The normalized spacial score (nSPS) is 18.7. The zero-order chi connectivity index (χ0) is 20.3. The zero-order valence-electron chi connectivity index (χ0n) is 15.4. The number of hydrazine groups is 1. The Labute approximate surface area is 165 Å². The van der Waals surface area contributed by atoms with Gasteiger partial charge in [0.25, 0.3) is 17.7 Å². The number of amides is 5. The lowest BCUT2D eigenvalue weighted by molar-refractivity contribution is -0.139. The Bertz CT molecular complexity index is 927. The maximum Gasteiger partial charge on any atom is 0.344 e. The third-order valence-electron chi connectivity index (χ3n) is 4.50. The van der Waals surface area contributed by atoms with Gasteiger partial charge in [-0.25, -0.2) is 4.79 Å². The average Bonchev–Trinajstić information content (AvgIpc) is 3.24. The van der Waals surface area contributed by atoms with E-state index in [1.165, 1.54) is 11.3 Å². The first-order chi connectivity index (χ1) is 13.4. The van der Waals surface area contributed by atoms with Crippen LogP contribution < -0.4 is 16.1 Å². The summed E-state index contributed by atoms with van der Waals surface area (Å²) in [5, 5.41) is 5.81. The SMILES string of the molecule is CCC1(c2ccccc2)NC(=O)N(NC(=O)CNC(=O)c2ccc(C)s2)C1=O. The molecule has 0 spiro atoms. The number of imide groups is 1. The molecule has 2 aromatic rings. The molecule has 1 unspecified atom stereocenters. The Morgan fingerprint density at radius 1 is 1.14 bits per heavy atom. The molecule has 1 atom stereocenters. The van der Waals surface area contributed by atoms with Crippen LogP contribution in [0.3, 0.4) is 0 Å². The molecule has 28 heavy (non-hydrogen) atoms. The molecule has 146 valence electrons. The van der Waals surface area contributed by atoms with Crippen LogP contribution in [0.15, 0.2) is 42.5 Å². The Balaban J connectivity index is 1.65. The highest BCUT2D eigenvalue weighted by Gasteiger charge is 2.52. The van der Waals surface area contributed by atoms with E-state index in [2.05, 4.69) is 16.1 Å². The van der Waals surface area contributed by atoms with Gasteiger partial charge in [-0.3, -0.25) is 19.8 Å². The monoisotopic (exact) mass is 400 g/mol. The van der Waals surface area contributed by atoms with Crippen LogP contribution in [0.1, 0.15) is 33.5 Å². The third kappa shape index (κ3) is 3.61. The Hall–Kier alpha value is -3.20. The average molecular weight is 400 g/mol. The van der Waals surface area contributed by atoms with E-state index in [1.807, 2.05) is 13.0 Å². The Kier molecular flexibility index (Phi) is 5.46. The van der Waals surface area contributed by atoms with Gasteiger partial charge in [-0.1, -0.05) is 37.3 Å². The molecular weight excluding hydrogens is 380 g/mol. The van der Waals surface area contributed by atoms with Crippen molar-refractivity contribution >= 4 is 35.1 Å². The molecule has 5 amide bonds. The Morgan fingerprint density at radius 2 is 1.86 bits per heavy atom. The second-order valence-corrected chi connectivity index (χ2v) is 7.61. The Morgan fingerprint density at radius 3 is 2.46 bits per heavy atom. The summed E-state index contributed by atoms with van der Waals surface area (Å²) < 4.78 is 0. The van der Waals surface area contributed by atoms with Gasteiger partial charge in [0.2, 0.25) is 0 Å². The lowest BCUT2D eigenvalue weighted by atomic mass is 9.87. The molecule has 2 heterocycles. The highest BCUT2D eigenvalue weighted by molar-refractivity contribution is 7.13. The van der Waals surface area contributed by atoms with Crippen molar-refractivity contribution in [3.8, 4) is 0 Å². The fourth-order valence-electron chi connectivity index (χ4n) is 3.01. The van der Waals surface area contributed by atoms with Crippen molar-refractivity contribution in [2.75, 3.05) is 6.54 Å². The first kappa shape index (κ1) is 19.6. The molecule has 8 nitrogen and oxygen atoms in total. The molecule has 1 aromatic heterocycles. The van der Waals surface area contributed by atoms with Crippen LogP contribution in [-0.2, 0) is 15.1 Å². The number of carbonyl (C=O) groups is 4. The van der Waals surface area contributed by atoms with Gasteiger partial charge in [0, 0.05) is 4.88 Å². The van der Waals surface area contributed by atoms with Crippen LogP contribution in [-0.4, -0.2) is 35.3 Å². The molecule has 1 aliphatic heterocycles. The van der Waals surface area contributed by atoms with Gasteiger partial charge < -0.3 is 10.6 Å². The number of thiophene rings is 1. The quantitative estimate of drug-likeness (QED) is 0.641. The third-order valence-corrected chi connectivity index (χ3v) is 5.50. The van der Waals surface area contributed by atoms with Crippen molar-refractivity contribution in [2.24, 2.45) is 0 Å². The summed E-state index contributed by atoms with van der Waals surface area (Å²) in [6, 6.07) is 11.6. The second kappa shape index (κ2) is 7.81. The smallest absolute Gasteiger partial charge is 0.342 e. The zero-order valence-corrected chi connectivity index (χ0v) is 16.3. The van der Waals surface area contributed by atoms with Gasteiger partial charge in [-0.05, 0) is 31.0 Å². The molecule has 3 rings (SSSR count). The summed E-state index contributed by atoms with van der Waals surface area (Å²) in [7, 11) is 0. The molecule has 1 aliphatic rings. The topological polar surface area (TPSA) is 108 Å². The van der Waals surface area contributed by atoms with Crippen molar-refractivity contribution in [1.29, 1.82) is 0 Å². The van der Waals surface area contributed by atoms with E-state index < -0.39 is 29.3 Å². The van der Waals surface area contributed by atoms with E-state index in [1.54, 1.807) is 43.3 Å². The number of nitrogens with one attached hydrogen (secondary N) is 3. The van der Waals surface area contributed by atoms with Crippen LogP contribution in [0, 0.1) is 6.92 Å². The standard InChI is InChI=1S/C19H20N4O4S/c1-3-19(13-7-5-4-6-8-13)17(26)23(18(27)21-19)22-15(24)11-20-16(25)14-10-9-12(2)28-14/h4-10H,3,11H2,1-2H3,(H,20,25)(H,21,27)(H,22,24). The number of aryl methyl sites for hydroxylation is 1. The van der Waals surface area contributed by atoms with Crippen LogP contribution in [0.5, 0.6) is 0 Å². The van der Waals surface area contributed by atoms with Crippen LogP contribution in [0.2, 0.25) is 0 Å². The fourth-order valence-corrected chi connectivity index (χ4v) is 3.79. The summed E-state index contributed by atoms with van der Waals surface area (Å²) >= 11 is 1.31. The second-order valence-electron chi connectivity index (χ2n) is 6.32. The van der Waals surface area contributed by atoms with Gasteiger partial charge in [0.1, 0.15) is 5.54 Å². The molecule has 3 N–H and O–H groups in total. The summed E-state index contributed by atoms with van der Waals surface area (Å²) in [6.07, 6.45) is 0.322. The number of carbonyl (C=O) groups excluding carboxylic acids is 4. The van der Waals surface area contributed by atoms with Crippen LogP contribution >= 0.6 is 11.3 Å². The summed E-state index contributed by atoms with van der Waals surface area (Å²) in [4.78, 5) is 50.9. The van der Waals surface area contributed by atoms with E-state index in [0.29, 0.717) is 21.9 Å². The van der Waals surface area contributed by atoms with Crippen molar-refractivity contribution in [3.63, 3.8) is 0 Å². The van der Waals surface area contributed by atoms with Crippen LogP contribution in [0.25, 0.3) is 0 Å². The van der Waals surface area contributed by atoms with E-state index in [-0.39, 0.29) is 6.54 Å². The molecule has 0 saturated carbocycles. The van der Waals surface area contributed by atoms with Crippen molar-refractivity contribution in [1.82, 2.24) is 21.1 Å². The number of nitrogens with zero attached hydrogens (tertiary/aromatic N) is 1. The van der Waals surface area contributed by atoms with Gasteiger partial charge >= 0.3 is 6.03 Å². The molecule has 0 bridgehead atoms. The molecule has 0 radical (unpaired) electrons. The number of hydrogen-bond acceptors (Lipinski definition) is 5. The van der Waals surface area contributed by atoms with Gasteiger partial charge in [-0.15, -0.1) is 11.3 Å². The predicted molar refractivity (Wildman–Crippen MR) is 103 cm³/mol. The molecule has 1 fully saturated rings. The summed E-state index contributed by atoms with van der Waals surface area (Å²) in [6.45, 7) is 3.29. The molecule has 1 saturated heterocycles. The van der Waals surface area contributed by atoms with E-state index in [0.717, 1.165) is 4.88 Å². The lowest BCUT2D eigenvalue weighted by Gasteiger charge is -2.25. The first-order valence-corrected chi connectivity index (χ1v) is 9.55. The number of benzene rings is 1. The first-order valence-electron chi connectivity index (χ1n) is 8.73. The van der Waals surface area contributed by atoms with Gasteiger partial charge in [-0.2, -0.15) is 5.01 Å². The molecule has 9 heteroatoms. The minimum absolute atomic E-state index is 0.322. The van der Waals surface area contributed by atoms with Gasteiger partial charge in [0.15, 0.2) is 0 Å². The van der Waals surface area contributed by atoms with E-state index >= 15 is 0 Å². The minimum atomic E-state index is -1.23. The van der Waals surface area contributed by atoms with E-state index in [9.17, 15) is 19.2 Å². The largest absolute Gasteiger partial charge is 0.344 e.